The van der Waals surface area contributed by atoms with Crippen LogP contribution in [0.15, 0.2) is 24.4 Å². The molecule has 1 saturated carbocycles. The van der Waals surface area contributed by atoms with E-state index in [1.165, 1.54) is 12.1 Å². The number of nitrogens with zero attached hydrogens (tertiary/aromatic N) is 3. The maximum absolute atomic E-state index is 13.2. The highest BCUT2D eigenvalue weighted by Crippen LogP contribution is 2.34. The Bertz CT molecular complexity index is 764. The Balaban J connectivity index is 1.82. The minimum Gasteiger partial charge on any atom is -0.392 e. The predicted molar refractivity (Wildman–Crippen MR) is 83.1 cm³/mol. The number of hydrogen-bond donors (Lipinski definition) is 2. The zero-order valence-corrected chi connectivity index (χ0v) is 13.6. The highest BCUT2D eigenvalue weighted by molar-refractivity contribution is 5.44. The Hall–Kier alpha value is -2.23. The van der Waals surface area contributed by atoms with Crippen molar-refractivity contribution in [1.29, 1.82) is 0 Å². The number of aromatic nitrogens is 3. The first-order chi connectivity index (χ1) is 12.2. The maximum Gasteiger partial charge on any atom is 0.435 e. The summed E-state index contributed by atoms with van der Waals surface area (Å²) >= 11 is 0. The Labute approximate surface area is 145 Å². The molecule has 1 fully saturated rings. The van der Waals surface area contributed by atoms with Crippen LogP contribution in [-0.2, 0) is 12.8 Å². The number of aliphatic hydroxyl groups excluding tert-OH is 1. The molecule has 0 aromatic carbocycles. The van der Waals surface area contributed by atoms with E-state index in [2.05, 4.69) is 15.4 Å². The molecule has 142 valence electrons. The highest BCUT2D eigenvalue weighted by Gasteiger charge is 2.35. The molecule has 0 saturated heterocycles. The average Bonchev–Trinajstić information content (AvgIpc) is 3.07. The van der Waals surface area contributed by atoms with Gasteiger partial charge in [0.05, 0.1) is 6.61 Å². The summed E-state index contributed by atoms with van der Waals surface area (Å²) in [6, 6.07) is 3.55. The Morgan fingerprint density at radius 3 is 2.50 bits per heavy atom. The Morgan fingerprint density at radius 2 is 1.92 bits per heavy atom. The van der Waals surface area contributed by atoms with Crippen LogP contribution in [-0.4, -0.2) is 31.8 Å². The van der Waals surface area contributed by atoms with Gasteiger partial charge in [0.25, 0.3) is 0 Å². The molecule has 0 bridgehead atoms. The summed E-state index contributed by atoms with van der Waals surface area (Å²) in [7, 11) is 0. The van der Waals surface area contributed by atoms with Crippen LogP contribution in [0.25, 0.3) is 5.82 Å². The van der Waals surface area contributed by atoms with E-state index < -0.39 is 17.8 Å². The van der Waals surface area contributed by atoms with Gasteiger partial charge in [0.15, 0.2) is 11.5 Å². The summed E-state index contributed by atoms with van der Waals surface area (Å²) in [5.74, 6) is -2.27. The fourth-order valence-electron chi connectivity index (χ4n) is 2.85. The van der Waals surface area contributed by atoms with Crippen molar-refractivity contribution < 1.29 is 27.1 Å². The molecular weight excluding hydrogens is 359 g/mol. The van der Waals surface area contributed by atoms with Gasteiger partial charge in [-0.25, -0.2) is 18.4 Å². The molecule has 0 unspecified atom stereocenters. The van der Waals surface area contributed by atoms with Crippen LogP contribution in [0.3, 0.4) is 0 Å². The number of rotatable bonds is 4. The molecule has 1 aliphatic rings. The van der Waals surface area contributed by atoms with E-state index in [1.807, 2.05) is 0 Å². The number of alkyl halides is 5. The van der Waals surface area contributed by atoms with Crippen molar-refractivity contribution in [1.82, 2.24) is 14.8 Å². The number of halogens is 5. The predicted octanol–water partition coefficient (Wildman–Crippen LogP) is 3.77. The maximum atomic E-state index is 13.2. The van der Waals surface area contributed by atoms with Crippen LogP contribution in [0.1, 0.15) is 36.9 Å². The van der Waals surface area contributed by atoms with Gasteiger partial charge < -0.3 is 10.4 Å². The quantitative estimate of drug-likeness (QED) is 0.798. The van der Waals surface area contributed by atoms with Gasteiger partial charge in [-0.15, -0.1) is 0 Å². The second-order valence-corrected chi connectivity index (χ2v) is 6.29. The molecule has 2 aromatic rings. The van der Waals surface area contributed by atoms with E-state index in [-0.39, 0.29) is 44.1 Å². The molecular formula is C16H17F5N4O. The summed E-state index contributed by atoms with van der Waals surface area (Å²) in [6.45, 7) is -0.347. The lowest BCUT2D eigenvalue weighted by Crippen LogP contribution is -2.32. The molecule has 0 aliphatic heterocycles. The molecule has 0 amide bonds. The van der Waals surface area contributed by atoms with E-state index in [0.717, 1.165) is 16.9 Å². The molecule has 2 N–H and O–H groups in total. The summed E-state index contributed by atoms with van der Waals surface area (Å²) < 4.78 is 65.6. The second-order valence-electron chi connectivity index (χ2n) is 6.29. The summed E-state index contributed by atoms with van der Waals surface area (Å²) in [5, 5.41) is 15.9. The van der Waals surface area contributed by atoms with Crippen LogP contribution in [0.4, 0.5) is 27.8 Å². The van der Waals surface area contributed by atoms with Crippen molar-refractivity contribution in [2.75, 3.05) is 5.32 Å². The van der Waals surface area contributed by atoms with Crippen LogP contribution in [0.2, 0.25) is 0 Å². The lowest BCUT2D eigenvalue weighted by molar-refractivity contribution is -0.141. The first-order valence-corrected chi connectivity index (χ1v) is 8.06. The average molecular weight is 376 g/mol. The molecule has 0 atom stereocenters. The van der Waals surface area contributed by atoms with E-state index in [4.69, 9.17) is 0 Å². The van der Waals surface area contributed by atoms with Crippen molar-refractivity contribution >= 4 is 5.82 Å². The zero-order valence-electron chi connectivity index (χ0n) is 13.6. The smallest absolute Gasteiger partial charge is 0.392 e. The van der Waals surface area contributed by atoms with Crippen molar-refractivity contribution in [2.24, 2.45) is 0 Å². The largest absolute Gasteiger partial charge is 0.435 e. The number of aliphatic hydroxyl groups is 1. The Morgan fingerprint density at radius 1 is 1.23 bits per heavy atom. The molecule has 3 rings (SSSR count). The van der Waals surface area contributed by atoms with Gasteiger partial charge >= 0.3 is 6.18 Å². The topological polar surface area (TPSA) is 63.0 Å². The highest BCUT2D eigenvalue weighted by atomic mass is 19.4. The molecule has 0 spiro atoms. The van der Waals surface area contributed by atoms with Gasteiger partial charge in [-0.2, -0.15) is 18.3 Å². The van der Waals surface area contributed by atoms with E-state index >= 15 is 0 Å². The molecule has 10 heteroatoms. The van der Waals surface area contributed by atoms with Gasteiger partial charge in [0, 0.05) is 25.1 Å². The molecule has 5 nitrogen and oxygen atoms in total. The number of hydrogen-bond acceptors (Lipinski definition) is 4. The van der Waals surface area contributed by atoms with Gasteiger partial charge in [-0.3, -0.25) is 0 Å². The van der Waals surface area contributed by atoms with E-state index in [1.54, 1.807) is 0 Å². The molecule has 2 heterocycles. The first-order valence-electron chi connectivity index (χ1n) is 8.06. The van der Waals surface area contributed by atoms with Crippen molar-refractivity contribution in [3.8, 4) is 5.82 Å². The minimum absolute atomic E-state index is 0.0932. The van der Waals surface area contributed by atoms with E-state index in [0.29, 0.717) is 11.4 Å². The number of pyridine rings is 1. The third kappa shape index (κ3) is 4.29. The SMILES string of the molecule is OCc1cc(NC2CCC(F)(F)CC2)nc(-n2ccc(C(F)(F)F)n2)c1. The lowest BCUT2D eigenvalue weighted by Gasteiger charge is -2.29. The third-order valence-electron chi connectivity index (χ3n) is 4.24. The summed E-state index contributed by atoms with van der Waals surface area (Å²) in [4.78, 5) is 4.20. The molecule has 26 heavy (non-hydrogen) atoms. The van der Waals surface area contributed by atoms with Crippen LogP contribution in [0.5, 0.6) is 0 Å². The lowest BCUT2D eigenvalue weighted by atomic mass is 9.92. The van der Waals surface area contributed by atoms with Gasteiger partial charge in [0.2, 0.25) is 5.92 Å². The van der Waals surface area contributed by atoms with Crippen LogP contribution >= 0.6 is 0 Å². The fraction of sp³-hybridized carbons (Fsp3) is 0.500. The molecule has 1 aliphatic carbocycles. The fourth-order valence-corrected chi connectivity index (χ4v) is 2.85. The van der Waals surface area contributed by atoms with Gasteiger partial charge in [0.1, 0.15) is 5.82 Å². The van der Waals surface area contributed by atoms with Crippen molar-refractivity contribution in [3.05, 3.63) is 35.7 Å². The van der Waals surface area contributed by atoms with E-state index in [9.17, 15) is 27.1 Å². The molecule has 0 radical (unpaired) electrons. The van der Waals surface area contributed by atoms with Crippen molar-refractivity contribution in [2.45, 2.75) is 50.4 Å². The summed E-state index contributed by atoms with van der Waals surface area (Å²) in [5.41, 5.74) is -0.638. The number of anilines is 1. The monoisotopic (exact) mass is 376 g/mol. The second kappa shape index (κ2) is 6.82. The Kier molecular flexibility index (Phi) is 4.87. The first kappa shape index (κ1) is 18.6. The van der Waals surface area contributed by atoms with Crippen LogP contribution < -0.4 is 5.32 Å². The standard InChI is InChI=1S/C16H17F5N4O/c17-15(18)4-1-11(2-5-15)22-13-7-10(9-26)8-14(23-13)25-6-3-12(24-25)16(19,20)21/h3,6-8,11,26H,1-2,4-5,9H2,(H,22,23). The van der Waals surface area contributed by atoms with Gasteiger partial charge in [-0.05, 0) is 36.6 Å². The normalized spacial score (nSPS) is 18.1. The molecule has 2 aromatic heterocycles. The zero-order chi connectivity index (χ0) is 18.9. The van der Waals surface area contributed by atoms with Crippen LogP contribution in [0, 0.1) is 0 Å². The van der Waals surface area contributed by atoms with Crippen molar-refractivity contribution in [3.63, 3.8) is 0 Å². The van der Waals surface area contributed by atoms with Gasteiger partial charge in [-0.1, -0.05) is 0 Å². The summed E-state index contributed by atoms with van der Waals surface area (Å²) in [6.07, 6.45) is -3.40. The number of nitrogens with one attached hydrogen (secondary N) is 1. The third-order valence-corrected chi connectivity index (χ3v) is 4.24. The minimum atomic E-state index is -4.58.